The van der Waals surface area contributed by atoms with Crippen LogP contribution in [0.1, 0.15) is 50.8 Å². The zero-order valence-corrected chi connectivity index (χ0v) is 22.7. The molecule has 1 aromatic heterocycles. The van der Waals surface area contributed by atoms with E-state index in [0.29, 0.717) is 16.0 Å². The maximum atomic E-state index is 12.5. The zero-order valence-electron chi connectivity index (χ0n) is 21.9. The van der Waals surface area contributed by atoms with Gasteiger partial charge in [-0.05, 0) is 38.3 Å². The maximum absolute atomic E-state index is 12.5. The van der Waals surface area contributed by atoms with Gasteiger partial charge in [0.05, 0.1) is 18.2 Å². The number of aromatic nitrogens is 2. The monoisotopic (exact) mass is 549 g/mol. The molecule has 1 aromatic carbocycles. The van der Waals surface area contributed by atoms with Gasteiger partial charge in [0.2, 0.25) is 5.88 Å². The average molecular weight is 550 g/mol. The Bertz CT molecular complexity index is 1250. The number of anilines is 1. The highest BCUT2D eigenvalue weighted by Crippen LogP contribution is 2.36. The van der Waals surface area contributed by atoms with Gasteiger partial charge < -0.3 is 24.6 Å². The first-order valence-electron chi connectivity index (χ1n) is 12.4. The molecule has 13 heteroatoms. The Hall–Kier alpha value is -3.00. The number of aliphatic hydroxyl groups is 1. The number of ether oxygens (including phenoxy) is 3. The Morgan fingerprint density at radius 2 is 1.97 bits per heavy atom. The first-order valence-corrected chi connectivity index (χ1v) is 13.9. The van der Waals surface area contributed by atoms with Gasteiger partial charge in [-0.3, -0.25) is 0 Å². The van der Waals surface area contributed by atoms with Crippen molar-refractivity contribution in [2.75, 3.05) is 19.0 Å². The van der Waals surface area contributed by atoms with Crippen LogP contribution in [0.2, 0.25) is 0 Å². The van der Waals surface area contributed by atoms with E-state index in [9.17, 15) is 18.3 Å². The number of hydrogen-bond donors (Lipinski definition) is 3. The number of benzene rings is 1. The molecule has 4 rings (SSSR count). The molecule has 2 aliphatic rings. The second kappa shape index (κ2) is 11.0. The van der Waals surface area contributed by atoms with E-state index in [1.54, 1.807) is 33.9 Å². The summed E-state index contributed by atoms with van der Waals surface area (Å²) in [5.41, 5.74) is 1.45. The van der Waals surface area contributed by atoms with E-state index in [-0.39, 0.29) is 31.5 Å². The highest BCUT2D eigenvalue weighted by molar-refractivity contribution is 7.87. The predicted molar refractivity (Wildman–Crippen MR) is 139 cm³/mol. The number of nitrogens with zero attached hydrogens (tertiary/aromatic N) is 3. The van der Waals surface area contributed by atoms with E-state index in [1.165, 1.54) is 11.9 Å². The van der Waals surface area contributed by atoms with Gasteiger partial charge in [-0.1, -0.05) is 24.3 Å². The van der Waals surface area contributed by atoms with Crippen LogP contribution in [0.25, 0.3) is 0 Å². The quantitative estimate of drug-likeness (QED) is 0.444. The molecule has 2 aromatic rings. The van der Waals surface area contributed by atoms with Crippen molar-refractivity contribution in [3.63, 3.8) is 0 Å². The number of rotatable bonds is 8. The molecule has 0 unspecified atom stereocenters. The van der Waals surface area contributed by atoms with Gasteiger partial charge in [-0.15, -0.1) is 0 Å². The SMILES string of the molecule is CO[C@H]1Cc2ccccc2[C@H]1Nc1cc(O[C@@H]2C[C@@H](CN(C(=O)OC(C)(C)C)S(N)(=O)=O)[C@@H](O)C2)ncn1. The molecule has 4 N–H and O–H groups in total. The van der Waals surface area contributed by atoms with Crippen molar-refractivity contribution in [3.8, 4) is 5.88 Å². The number of carbonyl (C=O) groups excluding carboxylic acids is 1. The lowest BCUT2D eigenvalue weighted by Crippen LogP contribution is -2.47. The number of carbonyl (C=O) groups is 1. The molecule has 0 bridgehead atoms. The highest BCUT2D eigenvalue weighted by atomic mass is 32.2. The standard InChI is InChI=1S/C25H35N5O7S/c1-25(2,3)37-24(32)30(38(26,33)34)13-16-9-17(11-19(16)31)36-22-12-21(27-14-28-22)29-23-18-8-6-5-7-15(18)10-20(23)35-4/h5-8,12,14,16-17,19-20,23,31H,9-11,13H2,1-4H3,(H2,26,33,34)(H,27,28,29)/t16-,17+,19-,20-,23+/m0/s1. The summed E-state index contributed by atoms with van der Waals surface area (Å²) >= 11 is 0. The molecule has 0 aliphatic heterocycles. The Kier molecular flexibility index (Phi) is 8.12. The molecular weight excluding hydrogens is 514 g/mol. The van der Waals surface area contributed by atoms with E-state index in [1.807, 2.05) is 12.1 Å². The number of hydrogen-bond acceptors (Lipinski definition) is 10. The minimum Gasteiger partial charge on any atom is -0.474 e. The van der Waals surface area contributed by atoms with Gasteiger partial charge in [0, 0.05) is 38.5 Å². The summed E-state index contributed by atoms with van der Waals surface area (Å²) in [6.07, 6.45) is 0.167. The molecule has 1 fully saturated rings. The number of fused-ring (bicyclic) bond motifs is 1. The molecular formula is C25H35N5O7S. The van der Waals surface area contributed by atoms with Gasteiger partial charge in [0.1, 0.15) is 23.9 Å². The van der Waals surface area contributed by atoms with Crippen LogP contribution in [0.4, 0.5) is 10.6 Å². The molecule has 0 saturated heterocycles. The molecule has 208 valence electrons. The Labute approximate surface area is 222 Å². The maximum Gasteiger partial charge on any atom is 0.425 e. The van der Waals surface area contributed by atoms with Crippen LogP contribution in [0.15, 0.2) is 36.7 Å². The summed E-state index contributed by atoms with van der Waals surface area (Å²) in [6.45, 7) is 4.52. The fraction of sp³-hybridized carbons (Fsp3) is 0.560. The van der Waals surface area contributed by atoms with E-state index in [4.69, 9.17) is 19.3 Å². The summed E-state index contributed by atoms with van der Waals surface area (Å²) in [5.74, 6) is 0.262. The molecule has 5 atom stereocenters. The van der Waals surface area contributed by atoms with Crippen molar-refractivity contribution >= 4 is 22.1 Å². The lowest BCUT2D eigenvalue weighted by molar-refractivity contribution is 0.0337. The molecule has 12 nitrogen and oxygen atoms in total. The van der Waals surface area contributed by atoms with E-state index >= 15 is 0 Å². The van der Waals surface area contributed by atoms with Crippen molar-refractivity contribution in [2.24, 2.45) is 11.1 Å². The molecule has 0 spiro atoms. The van der Waals surface area contributed by atoms with Crippen molar-refractivity contribution < 1.29 is 32.5 Å². The van der Waals surface area contributed by atoms with Crippen LogP contribution in [0.3, 0.4) is 0 Å². The van der Waals surface area contributed by atoms with Gasteiger partial charge in [0.15, 0.2) is 0 Å². The Balaban J connectivity index is 1.41. The lowest BCUT2D eigenvalue weighted by Gasteiger charge is -2.28. The summed E-state index contributed by atoms with van der Waals surface area (Å²) in [6, 6.07) is 9.72. The van der Waals surface area contributed by atoms with Crippen LogP contribution < -0.4 is 15.2 Å². The first-order chi connectivity index (χ1) is 17.8. The summed E-state index contributed by atoms with van der Waals surface area (Å²) in [7, 11) is -2.72. The summed E-state index contributed by atoms with van der Waals surface area (Å²) < 4.78 is 41.5. The first kappa shape index (κ1) is 28.0. The van der Waals surface area contributed by atoms with Crippen molar-refractivity contribution in [1.82, 2.24) is 14.3 Å². The predicted octanol–water partition coefficient (Wildman–Crippen LogP) is 2.16. The number of nitrogens with one attached hydrogen (secondary N) is 1. The Morgan fingerprint density at radius 1 is 1.24 bits per heavy atom. The van der Waals surface area contributed by atoms with Gasteiger partial charge >= 0.3 is 16.3 Å². The third kappa shape index (κ3) is 6.70. The molecule has 0 radical (unpaired) electrons. The highest BCUT2D eigenvalue weighted by Gasteiger charge is 2.40. The third-order valence-corrected chi connectivity index (χ3v) is 7.55. The third-order valence-electron chi connectivity index (χ3n) is 6.64. The fourth-order valence-electron chi connectivity index (χ4n) is 4.91. The average Bonchev–Trinajstić information content (AvgIpc) is 3.35. The van der Waals surface area contributed by atoms with Crippen molar-refractivity contribution in [3.05, 3.63) is 47.8 Å². The largest absolute Gasteiger partial charge is 0.474 e. The minimum atomic E-state index is -4.40. The smallest absolute Gasteiger partial charge is 0.425 e. The van der Waals surface area contributed by atoms with Crippen LogP contribution in [0, 0.1) is 5.92 Å². The summed E-state index contributed by atoms with van der Waals surface area (Å²) in [4.78, 5) is 21.0. The van der Waals surface area contributed by atoms with Crippen LogP contribution >= 0.6 is 0 Å². The number of aliphatic hydroxyl groups excluding tert-OH is 1. The Morgan fingerprint density at radius 3 is 2.66 bits per heavy atom. The van der Waals surface area contributed by atoms with Gasteiger partial charge in [0.25, 0.3) is 0 Å². The number of methoxy groups -OCH3 is 1. The molecule has 1 heterocycles. The second-order valence-electron chi connectivity index (χ2n) is 10.6. The van der Waals surface area contributed by atoms with Crippen molar-refractivity contribution in [1.29, 1.82) is 0 Å². The van der Waals surface area contributed by atoms with E-state index < -0.39 is 40.0 Å². The van der Waals surface area contributed by atoms with Gasteiger partial charge in [-0.25, -0.2) is 19.9 Å². The minimum absolute atomic E-state index is 0.0517. The topological polar surface area (TPSA) is 166 Å². The zero-order chi connectivity index (χ0) is 27.7. The fourth-order valence-corrected chi connectivity index (χ4v) is 5.56. The lowest BCUT2D eigenvalue weighted by atomic mass is 10.1. The second-order valence-corrected chi connectivity index (χ2v) is 12.1. The molecule has 1 amide bonds. The van der Waals surface area contributed by atoms with Gasteiger partial charge in [-0.2, -0.15) is 12.7 Å². The number of nitrogens with two attached hydrogens (primary N) is 1. The number of amides is 1. The van der Waals surface area contributed by atoms with E-state index in [0.717, 1.165) is 12.0 Å². The van der Waals surface area contributed by atoms with Crippen LogP contribution in [-0.4, -0.2) is 71.5 Å². The molecule has 1 saturated carbocycles. The summed E-state index contributed by atoms with van der Waals surface area (Å²) in [5, 5.41) is 19.3. The van der Waals surface area contributed by atoms with Crippen LogP contribution in [-0.2, 0) is 26.1 Å². The normalized spacial score (nSPS) is 25.1. The molecule has 2 aliphatic carbocycles. The van der Waals surface area contributed by atoms with E-state index in [2.05, 4.69) is 27.4 Å². The van der Waals surface area contributed by atoms with Crippen LogP contribution in [0.5, 0.6) is 5.88 Å². The molecule has 38 heavy (non-hydrogen) atoms. The van der Waals surface area contributed by atoms with Crippen molar-refractivity contribution in [2.45, 2.75) is 70.0 Å².